The summed E-state index contributed by atoms with van der Waals surface area (Å²) in [6.45, 7) is 8.39. The van der Waals surface area contributed by atoms with E-state index in [4.69, 9.17) is 0 Å². The van der Waals surface area contributed by atoms with Gasteiger partial charge >= 0.3 is 0 Å². The van der Waals surface area contributed by atoms with E-state index >= 15 is 0 Å². The Morgan fingerprint density at radius 1 is 1.19 bits per heavy atom. The molecular weight excluding hydrogens is 260 g/mol. The number of rotatable bonds is 7. The zero-order valence-corrected chi connectivity index (χ0v) is 13.5. The van der Waals surface area contributed by atoms with E-state index in [0.717, 1.165) is 31.6 Å². The van der Waals surface area contributed by atoms with E-state index in [1.165, 1.54) is 31.5 Å². The Bertz CT molecular complexity index is 435. The van der Waals surface area contributed by atoms with E-state index in [2.05, 4.69) is 43.0 Å². The molecule has 0 unspecified atom stereocenters. The average molecular weight is 288 g/mol. The summed E-state index contributed by atoms with van der Waals surface area (Å²) in [7, 11) is 0. The fourth-order valence-electron chi connectivity index (χ4n) is 2.83. The van der Waals surface area contributed by atoms with Gasteiger partial charge in [-0.05, 0) is 51.4 Å². The Hall–Kier alpha value is -1.35. The van der Waals surface area contributed by atoms with Crippen molar-refractivity contribution < 1.29 is 4.79 Å². The maximum atomic E-state index is 12.5. The number of benzene rings is 1. The maximum Gasteiger partial charge on any atom is 0.227 e. The molecule has 0 radical (unpaired) electrons. The molecule has 1 aliphatic rings. The second kappa shape index (κ2) is 8.18. The Morgan fingerprint density at radius 2 is 1.86 bits per heavy atom. The first-order valence-electron chi connectivity index (χ1n) is 8.30. The van der Waals surface area contributed by atoms with Gasteiger partial charge in [-0.15, -0.1) is 0 Å². The number of amides is 1. The fourth-order valence-corrected chi connectivity index (χ4v) is 2.83. The quantitative estimate of drug-likeness (QED) is 0.765. The zero-order chi connectivity index (χ0) is 15.1. The fraction of sp³-hybridized carbons (Fsp3) is 0.611. The van der Waals surface area contributed by atoms with E-state index in [9.17, 15) is 4.79 Å². The second-order valence-electron chi connectivity index (χ2n) is 6.03. The molecule has 0 saturated carbocycles. The van der Waals surface area contributed by atoms with Gasteiger partial charge in [-0.2, -0.15) is 0 Å². The molecule has 1 heterocycles. The van der Waals surface area contributed by atoms with Crippen LogP contribution in [-0.4, -0.2) is 37.0 Å². The molecule has 0 bridgehead atoms. The normalized spacial score (nSPS) is 15.3. The first-order chi connectivity index (χ1) is 10.2. The molecule has 21 heavy (non-hydrogen) atoms. The second-order valence-corrected chi connectivity index (χ2v) is 6.03. The molecule has 116 valence electrons. The third-order valence-corrected chi connectivity index (χ3v) is 4.23. The highest BCUT2D eigenvalue weighted by Crippen LogP contribution is 2.18. The summed E-state index contributed by atoms with van der Waals surface area (Å²) < 4.78 is 0. The Balaban J connectivity index is 2.01. The van der Waals surface area contributed by atoms with Gasteiger partial charge in [-0.1, -0.05) is 31.0 Å². The topological polar surface area (TPSA) is 23.6 Å². The lowest BCUT2D eigenvalue weighted by atomic mass is 10.2. The molecule has 3 nitrogen and oxygen atoms in total. The number of nitrogens with zero attached hydrogens (tertiary/aromatic N) is 2. The highest BCUT2D eigenvalue weighted by atomic mass is 16.2. The monoisotopic (exact) mass is 288 g/mol. The molecule has 1 aromatic rings. The van der Waals surface area contributed by atoms with Crippen LogP contribution in [0.3, 0.4) is 0 Å². The van der Waals surface area contributed by atoms with Crippen molar-refractivity contribution in [3.63, 3.8) is 0 Å². The van der Waals surface area contributed by atoms with E-state index in [0.29, 0.717) is 6.42 Å². The lowest BCUT2D eigenvalue weighted by Crippen LogP contribution is -2.38. The van der Waals surface area contributed by atoms with Crippen molar-refractivity contribution in [1.82, 2.24) is 4.90 Å². The summed E-state index contributed by atoms with van der Waals surface area (Å²) >= 11 is 0. The van der Waals surface area contributed by atoms with Gasteiger partial charge in [-0.25, -0.2) is 0 Å². The number of carbonyl (C=O) groups excluding carboxylic acids is 1. The van der Waals surface area contributed by atoms with Crippen molar-refractivity contribution >= 4 is 11.6 Å². The smallest absolute Gasteiger partial charge is 0.227 e. The molecule has 1 amide bonds. The molecule has 0 N–H and O–H groups in total. The Kier molecular flexibility index (Phi) is 6.24. The average Bonchev–Trinajstić information content (AvgIpc) is 3.00. The molecular formula is C18H28N2O. The van der Waals surface area contributed by atoms with Crippen molar-refractivity contribution in [1.29, 1.82) is 0 Å². The van der Waals surface area contributed by atoms with Crippen LogP contribution >= 0.6 is 0 Å². The molecule has 0 aromatic heterocycles. The van der Waals surface area contributed by atoms with Crippen LogP contribution in [0.25, 0.3) is 0 Å². The summed E-state index contributed by atoms with van der Waals surface area (Å²) in [6, 6.07) is 8.32. The lowest BCUT2D eigenvalue weighted by Gasteiger charge is -2.26. The van der Waals surface area contributed by atoms with Crippen LogP contribution < -0.4 is 4.90 Å². The van der Waals surface area contributed by atoms with Gasteiger partial charge in [0.15, 0.2) is 0 Å². The summed E-state index contributed by atoms with van der Waals surface area (Å²) in [5, 5.41) is 0. The number of unbranched alkanes of at least 4 members (excludes halogenated alkanes) is 1. The molecule has 0 aliphatic carbocycles. The van der Waals surface area contributed by atoms with E-state index in [1.807, 2.05) is 4.90 Å². The maximum absolute atomic E-state index is 12.5. The number of hydrogen-bond donors (Lipinski definition) is 0. The predicted octanol–water partition coefficient (Wildman–Crippen LogP) is 3.61. The third kappa shape index (κ3) is 4.85. The minimum absolute atomic E-state index is 0.264. The number of likely N-dealkylation sites (tertiary alicyclic amines) is 1. The minimum Gasteiger partial charge on any atom is -0.311 e. The van der Waals surface area contributed by atoms with E-state index in [1.54, 1.807) is 0 Å². The van der Waals surface area contributed by atoms with Crippen molar-refractivity contribution in [3.05, 3.63) is 29.8 Å². The molecule has 0 spiro atoms. The van der Waals surface area contributed by atoms with Crippen LogP contribution in [-0.2, 0) is 4.79 Å². The summed E-state index contributed by atoms with van der Waals surface area (Å²) in [4.78, 5) is 16.9. The summed E-state index contributed by atoms with van der Waals surface area (Å²) in [5.41, 5.74) is 2.28. The van der Waals surface area contributed by atoms with Crippen LogP contribution in [0, 0.1) is 6.92 Å². The SMILES string of the molecule is CCCCC(=O)N(CCN1CCCC1)c1ccc(C)cc1. The molecule has 1 aliphatic heterocycles. The van der Waals surface area contributed by atoms with Gasteiger partial charge in [0.25, 0.3) is 0 Å². The van der Waals surface area contributed by atoms with Crippen molar-refractivity contribution in [2.24, 2.45) is 0 Å². The van der Waals surface area contributed by atoms with Gasteiger partial charge in [-0.3, -0.25) is 4.79 Å². The number of anilines is 1. The van der Waals surface area contributed by atoms with Crippen LogP contribution in [0.1, 0.15) is 44.6 Å². The van der Waals surface area contributed by atoms with Crippen LogP contribution in [0.5, 0.6) is 0 Å². The van der Waals surface area contributed by atoms with Crippen LogP contribution in [0.2, 0.25) is 0 Å². The zero-order valence-electron chi connectivity index (χ0n) is 13.5. The summed E-state index contributed by atoms with van der Waals surface area (Å²) in [5.74, 6) is 0.264. The van der Waals surface area contributed by atoms with Crippen LogP contribution in [0.4, 0.5) is 5.69 Å². The third-order valence-electron chi connectivity index (χ3n) is 4.23. The highest BCUT2D eigenvalue weighted by Gasteiger charge is 2.18. The first-order valence-corrected chi connectivity index (χ1v) is 8.30. The molecule has 1 aromatic carbocycles. The van der Waals surface area contributed by atoms with Gasteiger partial charge in [0.1, 0.15) is 0 Å². The first kappa shape index (κ1) is 16.0. The van der Waals surface area contributed by atoms with Crippen molar-refractivity contribution in [3.8, 4) is 0 Å². The number of carbonyl (C=O) groups is 1. The van der Waals surface area contributed by atoms with Gasteiger partial charge in [0.2, 0.25) is 5.91 Å². The van der Waals surface area contributed by atoms with Gasteiger partial charge < -0.3 is 9.80 Å². The highest BCUT2D eigenvalue weighted by molar-refractivity contribution is 5.93. The standard InChI is InChI=1S/C18H28N2O/c1-3-4-7-18(21)20(15-14-19-12-5-6-13-19)17-10-8-16(2)9-11-17/h8-11H,3-7,12-15H2,1-2H3. The van der Waals surface area contributed by atoms with Gasteiger partial charge in [0, 0.05) is 25.2 Å². The molecule has 1 fully saturated rings. The molecule has 0 atom stereocenters. The van der Waals surface area contributed by atoms with Crippen molar-refractivity contribution in [2.45, 2.75) is 46.0 Å². The van der Waals surface area contributed by atoms with Crippen molar-refractivity contribution in [2.75, 3.05) is 31.1 Å². The Labute approximate surface area is 128 Å². The van der Waals surface area contributed by atoms with E-state index < -0.39 is 0 Å². The Morgan fingerprint density at radius 3 is 2.48 bits per heavy atom. The summed E-state index contributed by atoms with van der Waals surface area (Å²) in [6.07, 6.45) is 5.30. The molecule has 3 heteroatoms. The number of hydrogen-bond acceptors (Lipinski definition) is 2. The molecule has 2 rings (SSSR count). The van der Waals surface area contributed by atoms with E-state index in [-0.39, 0.29) is 5.91 Å². The van der Waals surface area contributed by atoms with Gasteiger partial charge in [0.05, 0.1) is 0 Å². The van der Waals surface area contributed by atoms with Crippen LogP contribution in [0.15, 0.2) is 24.3 Å². The largest absolute Gasteiger partial charge is 0.311 e. The number of aryl methyl sites for hydroxylation is 1. The predicted molar refractivity (Wildman–Crippen MR) is 88.7 cm³/mol. The minimum atomic E-state index is 0.264. The lowest BCUT2D eigenvalue weighted by molar-refractivity contribution is -0.118. The molecule has 1 saturated heterocycles.